The smallest absolute Gasteiger partial charge is 0.122 e. The number of unbranched alkanes of at least 4 members (excludes halogenated alkanes) is 1. The van der Waals surface area contributed by atoms with Gasteiger partial charge in [-0.3, -0.25) is 0 Å². The first-order valence-electron chi connectivity index (χ1n) is 6.97. The van der Waals surface area contributed by atoms with Crippen LogP contribution in [0.3, 0.4) is 0 Å². The van der Waals surface area contributed by atoms with Crippen LogP contribution in [0.4, 0.5) is 5.69 Å². The molecule has 0 aliphatic rings. The van der Waals surface area contributed by atoms with Crippen LogP contribution in [0.2, 0.25) is 0 Å². The van der Waals surface area contributed by atoms with Gasteiger partial charge in [0.05, 0.1) is 0 Å². The number of nitrogens with two attached hydrogens (primary N) is 1. The van der Waals surface area contributed by atoms with E-state index in [4.69, 9.17) is 5.73 Å². The second kappa shape index (κ2) is 9.05. The van der Waals surface area contributed by atoms with Crippen LogP contribution in [0, 0.1) is 0 Å². The van der Waals surface area contributed by atoms with Gasteiger partial charge in [0.25, 0.3) is 0 Å². The van der Waals surface area contributed by atoms with Crippen molar-refractivity contribution in [3.8, 4) is 5.75 Å². The minimum Gasteiger partial charge on any atom is -0.508 e. The number of rotatable bonds is 7. The molecule has 3 nitrogen and oxygen atoms in total. The van der Waals surface area contributed by atoms with E-state index >= 15 is 0 Å². The van der Waals surface area contributed by atoms with E-state index in [-0.39, 0.29) is 18.4 Å². The number of halogens is 1. The quantitative estimate of drug-likeness (QED) is 0.800. The molecule has 0 radical (unpaired) electrons. The molecular formula is C15H27ClN2O. The van der Waals surface area contributed by atoms with Crippen LogP contribution in [0.25, 0.3) is 0 Å². The van der Waals surface area contributed by atoms with Gasteiger partial charge in [-0.2, -0.15) is 0 Å². The van der Waals surface area contributed by atoms with Crippen molar-refractivity contribution in [1.82, 2.24) is 0 Å². The van der Waals surface area contributed by atoms with Crippen molar-refractivity contribution < 1.29 is 5.11 Å². The van der Waals surface area contributed by atoms with Gasteiger partial charge in [-0.1, -0.05) is 25.8 Å². The third-order valence-electron chi connectivity index (χ3n) is 3.41. The summed E-state index contributed by atoms with van der Waals surface area (Å²) in [7, 11) is 0. The Labute approximate surface area is 123 Å². The van der Waals surface area contributed by atoms with Gasteiger partial charge in [0.2, 0.25) is 0 Å². The van der Waals surface area contributed by atoms with E-state index in [0.29, 0.717) is 5.75 Å². The molecule has 19 heavy (non-hydrogen) atoms. The van der Waals surface area contributed by atoms with E-state index in [2.05, 4.69) is 25.7 Å². The van der Waals surface area contributed by atoms with Gasteiger partial charge in [0.15, 0.2) is 0 Å². The van der Waals surface area contributed by atoms with Crippen molar-refractivity contribution in [3.63, 3.8) is 0 Å². The zero-order chi connectivity index (χ0) is 13.5. The number of hydrogen-bond donors (Lipinski definition) is 2. The predicted molar refractivity (Wildman–Crippen MR) is 85.4 cm³/mol. The Hall–Kier alpha value is -0.930. The largest absolute Gasteiger partial charge is 0.508 e. The highest BCUT2D eigenvalue weighted by Gasteiger charge is 2.12. The second-order valence-electron chi connectivity index (χ2n) is 4.66. The number of benzene rings is 1. The van der Waals surface area contributed by atoms with Crippen LogP contribution in [-0.2, 0) is 0 Å². The zero-order valence-electron chi connectivity index (χ0n) is 12.2. The molecule has 0 saturated heterocycles. The minimum atomic E-state index is -0.0595. The molecule has 4 heteroatoms. The second-order valence-corrected chi connectivity index (χ2v) is 4.66. The molecule has 0 spiro atoms. The van der Waals surface area contributed by atoms with E-state index in [1.165, 1.54) is 0 Å². The van der Waals surface area contributed by atoms with Crippen molar-refractivity contribution in [3.05, 3.63) is 23.8 Å². The molecule has 110 valence electrons. The highest BCUT2D eigenvalue weighted by molar-refractivity contribution is 5.85. The Kier molecular flexibility index (Phi) is 8.61. The normalized spacial score (nSPS) is 11.8. The highest BCUT2D eigenvalue weighted by Crippen LogP contribution is 2.30. The molecular weight excluding hydrogens is 260 g/mol. The van der Waals surface area contributed by atoms with Crippen molar-refractivity contribution in [2.45, 2.75) is 46.1 Å². The summed E-state index contributed by atoms with van der Waals surface area (Å²) in [6.07, 6.45) is 3.15. The maximum Gasteiger partial charge on any atom is 0.122 e. The molecule has 0 unspecified atom stereocenters. The van der Waals surface area contributed by atoms with Crippen LogP contribution in [-0.4, -0.2) is 18.2 Å². The van der Waals surface area contributed by atoms with E-state index in [9.17, 15) is 5.11 Å². The molecule has 1 aromatic carbocycles. The predicted octanol–water partition coefficient (Wildman–Crippen LogP) is 3.85. The Morgan fingerprint density at radius 1 is 1.21 bits per heavy atom. The van der Waals surface area contributed by atoms with Crippen LogP contribution < -0.4 is 10.6 Å². The number of phenolic OH excluding ortho intramolecular Hbond substituents is 1. The van der Waals surface area contributed by atoms with E-state index in [1.54, 1.807) is 0 Å². The summed E-state index contributed by atoms with van der Waals surface area (Å²) in [5.74, 6) is 0.322. The molecule has 0 aliphatic heterocycles. The van der Waals surface area contributed by atoms with Gasteiger partial charge in [-0.15, -0.1) is 12.4 Å². The molecule has 0 aliphatic carbocycles. The molecule has 0 aromatic heterocycles. The number of phenols is 1. The molecule has 0 amide bonds. The Morgan fingerprint density at radius 2 is 1.84 bits per heavy atom. The molecule has 1 aromatic rings. The average molecular weight is 287 g/mol. The van der Waals surface area contributed by atoms with Crippen LogP contribution in [0.5, 0.6) is 5.75 Å². The highest BCUT2D eigenvalue weighted by atomic mass is 35.5. The lowest BCUT2D eigenvalue weighted by Crippen LogP contribution is -2.21. The third-order valence-corrected chi connectivity index (χ3v) is 3.41. The number of hydrogen-bond acceptors (Lipinski definition) is 3. The van der Waals surface area contributed by atoms with Gasteiger partial charge >= 0.3 is 0 Å². The summed E-state index contributed by atoms with van der Waals surface area (Å²) >= 11 is 0. The fourth-order valence-corrected chi connectivity index (χ4v) is 2.21. The first kappa shape index (κ1) is 18.1. The average Bonchev–Trinajstić information content (AvgIpc) is 2.37. The van der Waals surface area contributed by atoms with Gasteiger partial charge < -0.3 is 15.7 Å². The summed E-state index contributed by atoms with van der Waals surface area (Å²) < 4.78 is 0. The van der Waals surface area contributed by atoms with E-state index in [0.717, 1.165) is 43.6 Å². The van der Waals surface area contributed by atoms with Gasteiger partial charge in [-0.05, 0) is 26.3 Å². The van der Waals surface area contributed by atoms with Gasteiger partial charge in [0, 0.05) is 36.4 Å². The summed E-state index contributed by atoms with van der Waals surface area (Å²) in [4.78, 5) is 2.21. The molecule has 0 fully saturated rings. The lowest BCUT2D eigenvalue weighted by Gasteiger charge is -2.22. The molecule has 0 heterocycles. The number of anilines is 1. The maximum absolute atomic E-state index is 10.1. The summed E-state index contributed by atoms with van der Waals surface area (Å²) in [5, 5.41) is 10.1. The Bertz CT molecular complexity index is 367. The maximum atomic E-state index is 10.1. The van der Waals surface area contributed by atoms with Crippen LogP contribution in [0.1, 0.15) is 51.6 Å². The first-order chi connectivity index (χ1) is 8.63. The number of nitrogens with zero attached hydrogens (tertiary/aromatic N) is 1. The van der Waals surface area contributed by atoms with Crippen LogP contribution in [0.15, 0.2) is 18.2 Å². The Morgan fingerprint density at radius 3 is 2.32 bits per heavy atom. The topological polar surface area (TPSA) is 49.5 Å². The number of aromatic hydroxyl groups is 1. The molecule has 0 bridgehead atoms. The fraction of sp³-hybridized carbons (Fsp3) is 0.600. The lowest BCUT2D eigenvalue weighted by atomic mass is 10.0. The van der Waals surface area contributed by atoms with Crippen molar-refractivity contribution in [2.24, 2.45) is 5.73 Å². The molecule has 1 rings (SSSR count). The van der Waals surface area contributed by atoms with Crippen molar-refractivity contribution >= 4 is 18.1 Å². The molecule has 3 N–H and O–H groups in total. The minimum absolute atomic E-state index is 0. The van der Waals surface area contributed by atoms with Gasteiger partial charge in [-0.25, -0.2) is 0 Å². The van der Waals surface area contributed by atoms with Crippen molar-refractivity contribution in [2.75, 3.05) is 18.0 Å². The molecule has 1 atom stereocenters. The monoisotopic (exact) mass is 286 g/mol. The first-order valence-corrected chi connectivity index (χ1v) is 6.97. The molecule has 0 saturated carbocycles. The van der Waals surface area contributed by atoms with E-state index < -0.39 is 0 Å². The fourth-order valence-electron chi connectivity index (χ4n) is 2.21. The summed E-state index contributed by atoms with van der Waals surface area (Å²) in [6.45, 7) is 8.26. The summed E-state index contributed by atoms with van der Waals surface area (Å²) in [6, 6.07) is 5.78. The van der Waals surface area contributed by atoms with Gasteiger partial charge in [0.1, 0.15) is 5.75 Å². The lowest BCUT2D eigenvalue weighted by molar-refractivity contribution is 0.456. The third kappa shape index (κ3) is 4.92. The SMILES string of the molecule is CCCC[C@H](N)c1ccc(N(CC)CC)cc1O.Cl. The van der Waals surface area contributed by atoms with Crippen LogP contribution >= 0.6 is 12.4 Å². The van der Waals surface area contributed by atoms with E-state index in [1.807, 2.05) is 18.2 Å². The zero-order valence-corrected chi connectivity index (χ0v) is 13.0. The summed E-state index contributed by atoms with van der Waals surface area (Å²) in [5.41, 5.74) is 8.02. The standard InChI is InChI=1S/C15H26N2O.ClH/c1-4-7-8-14(16)13-10-9-12(11-15(13)18)17(5-2)6-3;/h9-11,14,18H,4-8,16H2,1-3H3;1H/t14-;/m0./s1. The van der Waals surface area contributed by atoms with Crippen molar-refractivity contribution in [1.29, 1.82) is 0 Å². The Balaban J connectivity index is 0.00000324.